The van der Waals surface area contributed by atoms with Crippen LogP contribution >= 0.6 is 15.9 Å². The first-order chi connectivity index (χ1) is 5.61. The molecule has 1 rings (SSSR count). The van der Waals surface area contributed by atoms with Crippen LogP contribution in [0.25, 0.3) is 0 Å². The van der Waals surface area contributed by atoms with E-state index in [1.54, 1.807) is 6.07 Å². The van der Waals surface area contributed by atoms with Gasteiger partial charge in [0.1, 0.15) is 0 Å². The maximum absolute atomic E-state index is 11.9. The van der Waals surface area contributed by atoms with Crippen LogP contribution in [-0.4, -0.2) is 16.5 Å². The first-order valence-electron chi connectivity index (χ1n) is 3.19. The molecule has 0 amide bonds. The van der Waals surface area contributed by atoms with E-state index in [1.807, 2.05) is 0 Å². The smallest absolute Gasteiger partial charge is 0.269 e. The molecule has 1 atom stereocenters. The Balaban J connectivity index is 2.82. The Labute approximate surface area is 76.4 Å². The highest BCUT2D eigenvalue weighted by Gasteiger charge is 2.19. The van der Waals surface area contributed by atoms with Crippen molar-refractivity contribution in [2.24, 2.45) is 0 Å². The Kier molecular flexibility index (Phi) is 3.11. The summed E-state index contributed by atoms with van der Waals surface area (Å²) in [4.78, 5) is 3.62. The fourth-order valence-electron chi connectivity index (χ4n) is 0.691. The van der Waals surface area contributed by atoms with E-state index < -0.39 is 12.5 Å². The summed E-state index contributed by atoms with van der Waals surface area (Å²) in [6.45, 7) is 0. The number of aliphatic hydroxyl groups is 1. The van der Waals surface area contributed by atoms with Crippen LogP contribution in [0.15, 0.2) is 22.8 Å². The van der Waals surface area contributed by atoms with Crippen molar-refractivity contribution < 1.29 is 13.9 Å². The van der Waals surface area contributed by atoms with Crippen LogP contribution in [0.3, 0.4) is 0 Å². The molecule has 1 heterocycles. The second-order valence-electron chi connectivity index (χ2n) is 2.18. The minimum absolute atomic E-state index is 0.0202. The molecule has 0 fully saturated rings. The van der Waals surface area contributed by atoms with Gasteiger partial charge in [-0.1, -0.05) is 0 Å². The lowest BCUT2D eigenvalue weighted by molar-refractivity contribution is -0.00821. The number of halogens is 3. The molecular weight excluding hydrogens is 232 g/mol. The summed E-state index contributed by atoms with van der Waals surface area (Å²) < 4.78 is 24.5. The van der Waals surface area contributed by atoms with Crippen molar-refractivity contribution >= 4 is 15.9 Å². The van der Waals surface area contributed by atoms with E-state index >= 15 is 0 Å². The molecule has 12 heavy (non-hydrogen) atoms. The molecule has 1 aromatic rings. The number of aliphatic hydroxyl groups excluding tert-OH is 1. The third-order valence-corrected chi connectivity index (χ3v) is 1.76. The monoisotopic (exact) mass is 237 g/mol. The molecule has 0 aliphatic heterocycles. The van der Waals surface area contributed by atoms with Crippen molar-refractivity contribution in [1.82, 2.24) is 4.98 Å². The number of aromatic nitrogens is 1. The zero-order valence-electron chi connectivity index (χ0n) is 5.92. The number of hydrogen-bond donors (Lipinski definition) is 1. The average molecular weight is 238 g/mol. The fourth-order valence-corrected chi connectivity index (χ4v) is 0.926. The maximum Gasteiger partial charge on any atom is 0.269 e. The molecule has 5 heteroatoms. The Hall–Kier alpha value is -0.550. The summed E-state index contributed by atoms with van der Waals surface area (Å²) in [6.07, 6.45) is -3.22. The fraction of sp³-hybridized carbons (Fsp3) is 0.286. The number of rotatable bonds is 2. The number of pyridine rings is 1. The minimum atomic E-state index is -2.79. The second kappa shape index (κ2) is 3.91. The molecule has 0 saturated carbocycles. The Morgan fingerprint density at radius 1 is 1.42 bits per heavy atom. The van der Waals surface area contributed by atoms with E-state index in [1.165, 1.54) is 12.3 Å². The number of hydrogen-bond acceptors (Lipinski definition) is 2. The van der Waals surface area contributed by atoms with E-state index in [4.69, 9.17) is 5.11 Å². The lowest BCUT2D eigenvalue weighted by Gasteiger charge is -2.07. The summed E-state index contributed by atoms with van der Waals surface area (Å²) in [5, 5.41) is 8.86. The van der Waals surface area contributed by atoms with Gasteiger partial charge >= 0.3 is 0 Å². The van der Waals surface area contributed by atoms with Gasteiger partial charge in [-0.15, -0.1) is 0 Å². The van der Waals surface area contributed by atoms with Crippen LogP contribution < -0.4 is 0 Å². The quantitative estimate of drug-likeness (QED) is 0.856. The average Bonchev–Trinajstić information content (AvgIpc) is 2.04. The van der Waals surface area contributed by atoms with E-state index in [2.05, 4.69) is 20.9 Å². The van der Waals surface area contributed by atoms with E-state index in [9.17, 15) is 8.78 Å². The van der Waals surface area contributed by atoms with Crippen molar-refractivity contribution in [1.29, 1.82) is 0 Å². The molecule has 0 aliphatic carbocycles. The Bertz CT molecular complexity index is 252. The standard InChI is InChI=1S/C7H6BrF2NO/c8-4-1-2-5(11-3-4)6(12)7(9)10/h1-3,6-7,12H/t6-/m1/s1. The second-order valence-corrected chi connectivity index (χ2v) is 3.10. The zero-order valence-corrected chi connectivity index (χ0v) is 7.50. The van der Waals surface area contributed by atoms with E-state index in [-0.39, 0.29) is 5.69 Å². The molecule has 0 aliphatic rings. The van der Waals surface area contributed by atoms with Gasteiger partial charge in [0.2, 0.25) is 0 Å². The first kappa shape index (κ1) is 9.54. The lowest BCUT2D eigenvalue weighted by Crippen LogP contribution is -2.09. The lowest BCUT2D eigenvalue weighted by atomic mass is 10.2. The summed E-state index contributed by atoms with van der Waals surface area (Å²) in [5.74, 6) is 0. The van der Waals surface area contributed by atoms with Crippen molar-refractivity contribution in [2.45, 2.75) is 12.5 Å². The highest BCUT2D eigenvalue weighted by molar-refractivity contribution is 9.10. The normalized spacial score (nSPS) is 13.4. The SMILES string of the molecule is O[C@H](c1ccc(Br)cn1)C(F)F. The molecule has 66 valence electrons. The summed E-state index contributed by atoms with van der Waals surface area (Å²) >= 11 is 3.10. The molecule has 0 aromatic carbocycles. The van der Waals surface area contributed by atoms with Gasteiger partial charge in [0.05, 0.1) is 5.69 Å². The Morgan fingerprint density at radius 2 is 2.08 bits per heavy atom. The predicted molar refractivity (Wildman–Crippen MR) is 42.9 cm³/mol. The van der Waals surface area contributed by atoms with Gasteiger partial charge in [-0.3, -0.25) is 4.98 Å². The van der Waals surface area contributed by atoms with Crippen molar-refractivity contribution in [3.8, 4) is 0 Å². The topological polar surface area (TPSA) is 33.1 Å². The van der Waals surface area contributed by atoms with Crippen LogP contribution in [0, 0.1) is 0 Å². The molecule has 0 saturated heterocycles. The molecular formula is C7H6BrF2NO. The van der Waals surface area contributed by atoms with Crippen LogP contribution in [-0.2, 0) is 0 Å². The zero-order chi connectivity index (χ0) is 9.14. The van der Waals surface area contributed by atoms with Gasteiger partial charge in [-0.05, 0) is 28.1 Å². The van der Waals surface area contributed by atoms with Gasteiger partial charge < -0.3 is 5.11 Å². The molecule has 1 N–H and O–H groups in total. The molecule has 2 nitrogen and oxygen atoms in total. The number of nitrogens with zero attached hydrogens (tertiary/aromatic N) is 1. The van der Waals surface area contributed by atoms with Gasteiger partial charge in [0, 0.05) is 10.7 Å². The van der Waals surface area contributed by atoms with E-state index in [0.29, 0.717) is 4.47 Å². The minimum Gasteiger partial charge on any atom is -0.381 e. The predicted octanol–water partition coefficient (Wildman–Crippen LogP) is 2.14. The maximum atomic E-state index is 11.9. The Morgan fingerprint density at radius 3 is 2.50 bits per heavy atom. The highest BCUT2D eigenvalue weighted by atomic mass is 79.9. The van der Waals surface area contributed by atoms with Gasteiger partial charge in [0.15, 0.2) is 6.10 Å². The van der Waals surface area contributed by atoms with E-state index in [0.717, 1.165) is 0 Å². The third kappa shape index (κ3) is 2.22. The highest BCUT2D eigenvalue weighted by Crippen LogP contribution is 2.19. The molecule has 0 spiro atoms. The summed E-state index contributed by atoms with van der Waals surface area (Å²) in [6, 6.07) is 2.90. The van der Waals surface area contributed by atoms with Gasteiger partial charge in [0.25, 0.3) is 6.43 Å². The van der Waals surface area contributed by atoms with Crippen molar-refractivity contribution in [2.75, 3.05) is 0 Å². The van der Waals surface area contributed by atoms with Crippen molar-refractivity contribution in [3.05, 3.63) is 28.5 Å². The largest absolute Gasteiger partial charge is 0.381 e. The van der Waals surface area contributed by atoms with Crippen molar-refractivity contribution in [3.63, 3.8) is 0 Å². The van der Waals surface area contributed by atoms with Crippen LogP contribution in [0.2, 0.25) is 0 Å². The molecule has 0 radical (unpaired) electrons. The first-order valence-corrected chi connectivity index (χ1v) is 3.98. The molecule has 0 bridgehead atoms. The number of alkyl halides is 2. The summed E-state index contributed by atoms with van der Waals surface area (Å²) in [7, 11) is 0. The summed E-state index contributed by atoms with van der Waals surface area (Å²) in [5.41, 5.74) is -0.0202. The molecule has 0 unspecified atom stereocenters. The third-order valence-electron chi connectivity index (χ3n) is 1.29. The van der Waals surface area contributed by atoms with Crippen LogP contribution in [0.4, 0.5) is 8.78 Å². The molecule has 1 aromatic heterocycles. The van der Waals surface area contributed by atoms with Crippen LogP contribution in [0.1, 0.15) is 11.8 Å². The van der Waals surface area contributed by atoms with Gasteiger partial charge in [-0.2, -0.15) is 0 Å². The van der Waals surface area contributed by atoms with Gasteiger partial charge in [-0.25, -0.2) is 8.78 Å². The van der Waals surface area contributed by atoms with Crippen LogP contribution in [0.5, 0.6) is 0 Å².